The van der Waals surface area contributed by atoms with Gasteiger partial charge in [0, 0.05) is 37.7 Å². The summed E-state index contributed by atoms with van der Waals surface area (Å²) in [6, 6.07) is 12.8. The van der Waals surface area contributed by atoms with E-state index in [1.165, 1.54) is 11.3 Å². The number of nitrogens with zero attached hydrogens (tertiary/aromatic N) is 5. The Morgan fingerprint density at radius 3 is 2.59 bits per heavy atom. The lowest BCUT2D eigenvalue weighted by atomic mass is 9.77. The first-order chi connectivity index (χ1) is 14.1. The highest BCUT2D eigenvalue weighted by Gasteiger charge is 2.42. The van der Waals surface area contributed by atoms with Crippen molar-refractivity contribution in [1.29, 1.82) is 0 Å². The molecule has 3 heterocycles. The van der Waals surface area contributed by atoms with Gasteiger partial charge < -0.3 is 5.11 Å². The molecule has 3 aromatic rings. The normalized spacial score (nSPS) is 27.3. The van der Waals surface area contributed by atoms with Gasteiger partial charge in [0.2, 0.25) is 0 Å². The summed E-state index contributed by atoms with van der Waals surface area (Å²) in [7, 11) is 0. The number of aliphatic hydroxyl groups excluding tert-OH is 1. The van der Waals surface area contributed by atoms with Gasteiger partial charge in [0.05, 0.1) is 23.5 Å². The van der Waals surface area contributed by atoms with Crippen LogP contribution in [0.25, 0.3) is 5.69 Å². The van der Waals surface area contributed by atoms with E-state index in [-0.39, 0.29) is 12.1 Å². The van der Waals surface area contributed by atoms with Gasteiger partial charge in [-0.2, -0.15) is 10.2 Å². The van der Waals surface area contributed by atoms with Crippen molar-refractivity contribution < 1.29 is 5.11 Å². The number of fused-ring (bicyclic) bond motifs is 1. The number of hydrogen-bond acceptors (Lipinski definition) is 4. The van der Waals surface area contributed by atoms with Crippen molar-refractivity contribution in [3.63, 3.8) is 0 Å². The molecule has 0 bridgehead atoms. The van der Waals surface area contributed by atoms with Gasteiger partial charge in [0.25, 0.3) is 0 Å². The maximum atomic E-state index is 10.7. The van der Waals surface area contributed by atoms with Crippen LogP contribution in [0.4, 0.5) is 0 Å². The summed E-state index contributed by atoms with van der Waals surface area (Å²) < 4.78 is 4.01. The minimum absolute atomic E-state index is 0.105. The molecule has 1 saturated carbocycles. The van der Waals surface area contributed by atoms with Gasteiger partial charge in [-0.1, -0.05) is 18.2 Å². The Morgan fingerprint density at radius 1 is 1.07 bits per heavy atom. The number of aromatic nitrogens is 4. The van der Waals surface area contributed by atoms with Crippen LogP contribution in [0, 0.1) is 25.7 Å². The fraction of sp³-hybridized carbons (Fsp3) is 0.478. The second-order valence-corrected chi connectivity index (χ2v) is 8.77. The minimum Gasteiger partial charge on any atom is -0.391 e. The number of para-hydroxylation sites is 1. The predicted molar refractivity (Wildman–Crippen MR) is 112 cm³/mol. The molecule has 152 valence electrons. The molecule has 1 aliphatic heterocycles. The van der Waals surface area contributed by atoms with Crippen LogP contribution in [0.5, 0.6) is 0 Å². The molecule has 0 spiro atoms. The third kappa shape index (κ3) is 3.51. The zero-order chi connectivity index (χ0) is 20.0. The van der Waals surface area contributed by atoms with E-state index < -0.39 is 0 Å². The average molecular weight is 392 g/mol. The Hall–Kier alpha value is -2.44. The number of aliphatic hydroxyl groups is 1. The lowest BCUT2D eigenvalue weighted by molar-refractivity contribution is 0.0306. The minimum atomic E-state index is -0.307. The zero-order valence-corrected chi connectivity index (χ0v) is 17.1. The summed E-state index contributed by atoms with van der Waals surface area (Å²) in [5.74, 6) is 1.19. The van der Waals surface area contributed by atoms with Crippen molar-refractivity contribution in [1.82, 2.24) is 24.5 Å². The van der Waals surface area contributed by atoms with E-state index in [0.29, 0.717) is 11.8 Å². The number of rotatable bonds is 4. The number of aryl methyl sites for hydroxylation is 2. The SMILES string of the molecule is Cc1cc(C)n(-c2ccccc2CN2C[C@H]3C[C@@H](n4cccn4)[C@H](O)C[C@H]3C2)n1. The molecule has 6 heteroatoms. The third-order valence-electron chi connectivity index (χ3n) is 6.67. The standard InChI is InChI=1S/C23H29N5O/c1-16-10-17(2)28(25-16)21-7-4-3-6-18(21)13-26-14-19-11-22(27-9-5-8-24-27)23(29)12-20(19)15-26/h3-10,19-20,22-23,29H,11-15H2,1-2H3/t19-,20+,22-,23-/m1/s1. The second-order valence-electron chi connectivity index (χ2n) is 8.77. The van der Waals surface area contributed by atoms with Gasteiger partial charge in [-0.25, -0.2) is 4.68 Å². The van der Waals surface area contributed by atoms with Crippen LogP contribution in [0.15, 0.2) is 48.8 Å². The van der Waals surface area contributed by atoms with Crippen molar-refractivity contribution in [3.8, 4) is 5.69 Å². The number of benzene rings is 1. The summed E-state index contributed by atoms with van der Waals surface area (Å²) in [5.41, 5.74) is 4.68. The molecule has 0 unspecified atom stereocenters. The van der Waals surface area contributed by atoms with Crippen LogP contribution >= 0.6 is 0 Å². The summed E-state index contributed by atoms with van der Waals surface area (Å²) in [4.78, 5) is 2.55. The molecular formula is C23H29N5O. The molecule has 2 aromatic heterocycles. The van der Waals surface area contributed by atoms with E-state index in [2.05, 4.69) is 51.9 Å². The Bertz CT molecular complexity index is 979. The molecule has 6 nitrogen and oxygen atoms in total. The molecule has 1 aromatic carbocycles. The largest absolute Gasteiger partial charge is 0.391 e. The molecule has 5 rings (SSSR count). The Kier molecular flexibility index (Phi) is 4.76. The van der Waals surface area contributed by atoms with Crippen LogP contribution in [-0.2, 0) is 6.54 Å². The first-order valence-electron chi connectivity index (χ1n) is 10.6. The second kappa shape index (κ2) is 7.43. The highest BCUT2D eigenvalue weighted by Crippen LogP contribution is 2.41. The molecule has 1 N–H and O–H groups in total. The number of likely N-dealkylation sites (tertiary alicyclic amines) is 1. The molecular weight excluding hydrogens is 362 g/mol. The molecule has 1 saturated heterocycles. The lowest BCUT2D eigenvalue weighted by Gasteiger charge is -2.35. The molecule has 0 radical (unpaired) electrons. The van der Waals surface area contributed by atoms with Crippen molar-refractivity contribution in [3.05, 3.63) is 65.7 Å². The summed E-state index contributed by atoms with van der Waals surface area (Å²) in [6.07, 6.45) is 5.34. The van der Waals surface area contributed by atoms with Crippen LogP contribution < -0.4 is 0 Å². The first-order valence-corrected chi connectivity index (χ1v) is 10.6. The van der Waals surface area contributed by atoms with Gasteiger partial charge in [-0.05, 0) is 62.3 Å². The molecule has 2 fully saturated rings. The van der Waals surface area contributed by atoms with Gasteiger partial charge in [-0.3, -0.25) is 9.58 Å². The van der Waals surface area contributed by atoms with E-state index in [1.807, 2.05) is 23.9 Å². The predicted octanol–water partition coefficient (Wildman–Crippen LogP) is 3.13. The molecule has 2 aliphatic rings. The van der Waals surface area contributed by atoms with E-state index in [4.69, 9.17) is 5.10 Å². The van der Waals surface area contributed by atoms with Gasteiger partial charge in [0.1, 0.15) is 0 Å². The first kappa shape index (κ1) is 18.6. The van der Waals surface area contributed by atoms with Crippen LogP contribution in [-0.4, -0.2) is 48.8 Å². The van der Waals surface area contributed by atoms with Gasteiger partial charge >= 0.3 is 0 Å². The van der Waals surface area contributed by atoms with Crippen molar-refractivity contribution in [2.24, 2.45) is 11.8 Å². The molecule has 1 aliphatic carbocycles. The smallest absolute Gasteiger partial charge is 0.0781 e. The van der Waals surface area contributed by atoms with Crippen molar-refractivity contribution in [2.45, 2.75) is 45.4 Å². The summed E-state index contributed by atoms with van der Waals surface area (Å²) in [5, 5.41) is 19.8. The zero-order valence-electron chi connectivity index (χ0n) is 17.1. The van der Waals surface area contributed by atoms with Crippen molar-refractivity contribution in [2.75, 3.05) is 13.1 Å². The average Bonchev–Trinajstić information content (AvgIpc) is 3.41. The van der Waals surface area contributed by atoms with E-state index in [0.717, 1.165) is 43.9 Å². The van der Waals surface area contributed by atoms with Crippen LogP contribution in [0.2, 0.25) is 0 Å². The van der Waals surface area contributed by atoms with Gasteiger partial charge in [-0.15, -0.1) is 0 Å². The lowest BCUT2D eigenvalue weighted by Crippen LogP contribution is -2.36. The van der Waals surface area contributed by atoms with Crippen LogP contribution in [0.3, 0.4) is 0 Å². The highest BCUT2D eigenvalue weighted by atomic mass is 16.3. The Labute approximate surface area is 171 Å². The Morgan fingerprint density at radius 2 is 1.86 bits per heavy atom. The van der Waals surface area contributed by atoms with E-state index in [9.17, 15) is 5.11 Å². The maximum Gasteiger partial charge on any atom is 0.0781 e. The van der Waals surface area contributed by atoms with Gasteiger partial charge in [0.15, 0.2) is 0 Å². The fourth-order valence-electron chi connectivity index (χ4n) is 5.36. The summed E-state index contributed by atoms with van der Waals surface area (Å²) in [6.45, 7) is 7.21. The maximum absolute atomic E-state index is 10.7. The van der Waals surface area contributed by atoms with Crippen molar-refractivity contribution >= 4 is 0 Å². The monoisotopic (exact) mass is 391 g/mol. The van der Waals surface area contributed by atoms with E-state index in [1.54, 1.807) is 6.20 Å². The van der Waals surface area contributed by atoms with Crippen LogP contribution in [0.1, 0.15) is 35.8 Å². The third-order valence-corrected chi connectivity index (χ3v) is 6.67. The quantitative estimate of drug-likeness (QED) is 0.742. The number of hydrogen-bond donors (Lipinski definition) is 1. The Balaban J connectivity index is 1.33. The highest BCUT2D eigenvalue weighted by molar-refractivity contribution is 5.42. The fourth-order valence-corrected chi connectivity index (χ4v) is 5.36. The van der Waals surface area contributed by atoms with E-state index >= 15 is 0 Å². The molecule has 4 atom stereocenters. The molecule has 29 heavy (non-hydrogen) atoms. The molecule has 0 amide bonds. The summed E-state index contributed by atoms with van der Waals surface area (Å²) >= 11 is 0. The topological polar surface area (TPSA) is 59.1 Å².